The van der Waals surface area contributed by atoms with Crippen LogP contribution < -0.4 is 10.4 Å². The van der Waals surface area contributed by atoms with Gasteiger partial charge in [-0.1, -0.05) is 84.4 Å². The van der Waals surface area contributed by atoms with E-state index in [1.165, 1.54) is 22.3 Å². The molecule has 1 aliphatic carbocycles. The molecule has 0 spiro atoms. The molecule has 2 bridgehead atoms. The first-order chi connectivity index (χ1) is 29.0. The number of ether oxygens (including phenoxy) is 4. The Kier molecular flexibility index (Phi) is 12.1. The molecule has 1 aromatic heterocycles. The standard InChI is InChI=1S/C51H54O9/c1-31(2)41-20-15-32-13-16-35(17-14-32)42-21-18-37(36-12-8-11-34(26-36)25-33-9-6-5-7-10-33)27-40(42)29-44(53)57-47-45-43(60-51(3,4)48(47)59-50(41)55)22-19-38-28-39(23-24-56-30-52)49(54)58-46(38)45/h5-14,16-17,19,22,26,28,37,40,42,47-48,52H,15,18,20-21,23-25,27,29-30H2,1-4H3/t37-,40-,42-,47-,48-/m0/s1. The average Bonchev–Trinajstić information content (AvgIpc) is 3.22. The van der Waals surface area contributed by atoms with Crippen LogP contribution in [0, 0.1) is 5.92 Å². The highest BCUT2D eigenvalue weighted by Gasteiger charge is 2.51. The summed E-state index contributed by atoms with van der Waals surface area (Å²) in [4.78, 5) is 42.3. The maximum atomic E-state index is 14.7. The minimum atomic E-state index is -1.15. The molecular formula is C51H54O9. The van der Waals surface area contributed by atoms with Crippen LogP contribution in [0.1, 0.15) is 117 Å². The van der Waals surface area contributed by atoms with Gasteiger partial charge in [0.05, 0.1) is 12.2 Å². The Morgan fingerprint density at radius 3 is 2.38 bits per heavy atom. The predicted octanol–water partition coefficient (Wildman–Crippen LogP) is 9.60. The predicted molar refractivity (Wildman–Crippen MR) is 229 cm³/mol. The van der Waals surface area contributed by atoms with Crippen LogP contribution in [0.15, 0.2) is 117 Å². The van der Waals surface area contributed by atoms with Gasteiger partial charge in [-0.2, -0.15) is 0 Å². The highest BCUT2D eigenvalue weighted by Crippen LogP contribution is 2.49. The molecule has 9 nitrogen and oxygen atoms in total. The van der Waals surface area contributed by atoms with Crippen molar-refractivity contribution in [3.05, 3.63) is 158 Å². The van der Waals surface area contributed by atoms with Gasteiger partial charge in [-0.05, 0) is 130 Å². The summed E-state index contributed by atoms with van der Waals surface area (Å²) in [6.07, 6.45) is 2.82. The van der Waals surface area contributed by atoms with Gasteiger partial charge in [0.2, 0.25) is 0 Å². The van der Waals surface area contributed by atoms with E-state index in [1.54, 1.807) is 18.2 Å². The molecule has 1 saturated carbocycles. The molecule has 312 valence electrons. The molecule has 1 fully saturated rings. The Morgan fingerprint density at radius 2 is 1.62 bits per heavy atom. The first-order valence-corrected chi connectivity index (χ1v) is 21.2. The number of hydrogen-bond donors (Lipinski definition) is 1. The van der Waals surface area contributed by atoms with Crippen LogP contribution in [0.4, 0.5) is 0 Å². The molecule has 9 rings (SSSR count). The molecule has 60 heavy (non-hydrogen) atoms. The number of aliphatic hydroxyl groups is 1. The Morgan fingerprint density at radius 1 is 0.833 bits per heavy atom. The third-order valence-corrected chi connectivity index (χ3v) is 12.7. The monoisotopic (exact) mass is 810 g/mol. The first kappa shape index (κ1) is 41.2. The van der Waals surface area contributed by atoms with Crippen LogP contribution in [0.5, 0.6) is 5.75 Å². The lowest BCUT2D eigenvalue weighted by Gasteiger charge is -2.43. The molecule has 3 aliphatic heterocycles. The second-order valence-electron chi connectivity index (χ2n) is 17.4. The van der Waals surface area contributed by atoms with Gasteiger partial charge in [0.25, 0.3) is 0 Å². The van der Waals surface area contributed by atoms with Crippen molar-refractivity contribution in [3.63, 3.8) is 0 Å². The van der Waals surface area contributed by atoms with Crippen molar-refractivity contribution in [1.82, 2.24) is 0 Å². The van der Waals surface area contributed by atoms with E-state index in [0.717, 1.165) is 36.8 Å². The summed E-state index contributed by atoms with van der Waals surface area (Å²) >= 11 is 0. The molecule has 9 heteroatoms. The number of esters is 2. The van der Waals surface area contributed by atoms with Crippen molar-refractivity contribution in [2.45, 2.75) is 109 Å². The number of carbonyl (C=O) groups excluding carboxylic acids is 2. The maximum absolute atomic E-state index is 14.7. The summed E-state index contributed by atoms with van der Waals surface area (Å²) in [5.41, 5.74) is 6.69. The molecular weight excluding hydrogens is 757 g/mol. The minimum Gasteiger partial charge on any atom is -0.483 e. The van der Waals surface area contributed by atoms with Gasteiger partial charge in [-0.3, -0.25) is 4.79 Å². The van der Waals surface area contributed by atoms with Crippen LogP contribution in [-0.4, -0.2) is 42.1 Å². The lowest BCUT2D eigenvalue weighted by atomic mass is 9.68. The summed E-state index contributed by atoms with van der Waals surface area (Å²) in [6, 6.07) is 33.3. The summed E-state index contributed by atoms with van der Waals surface area (Å²) in [5, 5.41) is 9.70. The van der Waals surface area contributed by atoms with Gasteiger partial charge in [-0.25, -0.2) is 9.59 Å². The zero-order valence-corrected chi connectivity index (χ0v) is 34.9. The third kappa shape index (κ3) is 8.84. The number of carbonyl (C=O) groups is 2. The van der Waals surface area contributed by atoms with Crippen LogP contribution in [0.25, 0.3) is 11.0 Å². The zero-order chi connectivity index (χ0) is 42.0. The van der Waals surface area contributed by atoms with Crippen molar-refractivity contribution in [2.75, 3.05) is 13.4 Å². The van der Waals surface area contributed by atoms with Gasteiger partial charge in [0, 0.05) is 29.4 Å². The number of aliphatic hydroxyl groups excluding tert-OH is 1. The van der Waals surface area contributed by atoms with Crippen molar-refractivity contribution in [1.29, 1.82) is 0 Å². The second kappa shape index (κ2) is 17.6. The molecule has 0 saturated heterocycles. The van der Waals surface area contributed by atoms with E-state index in [0.29, 0.717) is 40.7 Å². The van der Waals surface area contributed by atoms with Crippen LogP contribution >= 0.6 is 0 Å². The molecule has 1 N–H and O–H groups in total. The van der Waals surface area contributed by atoms with Gasteiger partial charge < -0.3 is 28.5 Å². The average molecular weight is 811 g/mol. The van der Waals surface area contributed by atoms with Crippen LogP contribution in [0.2, 0.25) is 0 Å². The van der Waals surface area contributed by atoms with Gasteiger partial charge in [0.15, 0.2) is 12.2 Å². The Bertz CT molecular complexity index is 2440. The summed E-state index contributed by atoms with van der Waals surface area (Å²) in [6.45, 7) is 7.09. The van der Waals surface area contributed by atoms with Crippen molar-refractivity contribution in [3.8, 4) is 5.75 Å². The quantitative estimate of drug-likeness (QED) is 0.0563. The van der Waals surface area contributed by atoms with Gasteiger partial charge in [-0.15, -0.1) is 0 Å². The van der Waals surface area contributed by atoms with E-state index >= 15 is 0 Å². The molecule has 4 heterocycles. The smallest absolute Gasteiger partial charge is 0.339 e. The fourth-order valence-corrected chi connectivity index (χ4v) is 9.56. The van der Waals surface area contributed by atoms with Crippen LogP contribution in [0.3, 0.4) is 0 Å². The summed E-state index contributed by atoms with van der Waals surface area (Å²) in [5.74, 6) is -0.208. The second-order valence-corrected chi connectivity index (χ2v) is 17.4. The number of fused-ring (bicyclic) bond motifs is 11. The SMILES string of the molecule is CC(C)=C1CCc2ccc(cc2)[C@@H]2CC[C@H](c3cccc(Cc4ccccc4)c3)C[C@H]2CC(=O)O[C@H]2c3c(ccc4cc(CCOCO)c(=O)oc34)OC(C)(C)[C@H]2OC1=O. The molecule has 5 aromatic rings. The number of rotatable bonds is 7. The van der Waals surface area contributed by atoms with E-state index in [4.69, 9.17) is 28.5 Å². The normalized spacial score (nSPS) is 22.8. The molecule has 5 atom stereocenters. The highest BCUT2D eigenvalue weighted by atomic mass is 16.6. The Labute approximate surface area is 351 Å². The number of allylic oxidation sites excluding steroid dienone is 1. The van der Waals surface area contributed by atoms with E-state index in [2.05, 4.69) is 72.8 Å². The lowest BCUT2D eigenvalue weighted by Crippen LogP contribution is -2.52. The highest BCUT2D eigenvalue weighted by molar-refractivity contribution is 5.90. The van der Waals surface area contributed by atoms with E-state index in [1.807, 2.05) is 33.8 Å². The van der Waals surface area contributed by atoms with Crippen molar-refractivity contribution >= 4 is 22.9 Å². The Balaban J connectivity index is 1.18. The molecule has 0 radical (unpaired) electrons. The zero-order valence-electron chi connectivity index (χ0n) is 34.9. The summed E-state index contributed by atoms with van der Waals surface area (Å²) in [7, 11) is 0. The first-order valence-electron chi connectivity index (χ1n) is 21.2. The Hall–Kier alpha value is -5.51. The van der Waals surface area contributed by atoms with Crippen LogP contribution in [-0.2, 0) is 43.1 Å². The van der Waals surface area contributed by atoms with Crippen molar-refractivity contribution in [2.24, 2.45) is 5.92 Å². The molecule has 4 aliphatic rings. The lowest BCUT2D eigenvalue weighted by molar-refractivity contribution is -0.188. The molecule has 4 aromatic carbocycles. The van der Waals surface area contributed by atoms with Gasteiger partial charge >= 0.3 is 17.6 Å². The fourth-order valence-electron chi connectivity index (χ4n) is 9.56. The van der Waals surface area contributed by atoms with E-state index in [-0.39, 0.29) is 42.8 Å². The molecule has 0 amide bonds. The van der Waals surface area contributed by atoms with Gasteiger partial charge in [0.1, 0.15) is 23.7 Å². The molecule has 0 unspecified atom stereocenters. The minimum absolute atomic E-state index is 0.0347. The number of hydrogen-bond acceptors (Lipinski definition) is 9. The number of benzene rings is 4. The van der Waals surface area contributed by atoms with E-state index < -0.39 is 42.2 Å². The summed E-state index contributed by atoms with van der Waals surface area (Å²) < 4.78 is 30.7. The largest absolute Gasteiger partial charge is 0.483 e. The van der Waals surface area contributed by atoms with E-state index in [9.17, 15) is 14.4 Å². The fraction of sp³-hybridized carbons (Fsp3) is 0.392. The third-order valence-electron chi connectivity index (χ3n) is 12.7. The van der Waals surface area contributed by atoms with Crippen molar-refractivity contribution < 1.29 is 38.1 Å². The maximum Gasteiger partial charge on any atom is 0.339 e. The topological polar surface area (TPSA) is 122 Å². The number of aryl methyl sites for hydroxylation is 1.